The van der Waals surface area contributed by atoms with Crippen LogP contribution in [0.4, 0.5) is 5.13 Å². The summed E-state index contributed by atoms with van der Waals surface area (Å²) in [4.78, 5) is 33.9. The topological polar surface area (TPSA) is 79.3 Å². The van der Waals surface area contributed by atoms with Crippen LogP contribution in [0, 0.1) is 5.92 Å². The minimum Gasteiger partial charge on any atom is -0.342 e. The van der Waals surface area contributed by atoms with Crippen molar-refractivity contribution in [2.75, 3.05) is 24.5 Å². The highest BCUT2D eigenvalue weighted by Gasteiger charge is 2.31. The molecule has 2 amide bonds. The summed E-state index contributed by atoms with van der Waals surface area (Å²) in [7, 11) is 0. The van der Waals surface area contributed by atoms with Gasteiger partial charge in [-0.15, -0.1) is 21.5 Å². The van der Waals surface area contributed by atoms with Crippen LogP contribution in [-0.4, -0.2) is 51.5 Å². The average molecular weight is 434 g/mol. The number of carbonyl (C=O) groups is 2. The van der Waals surface area contributed by atoms with Crippen molar-refractivity contribution in [2.24, 2.45) is 5.92 Å². The van der Waals surface area contributed by atoms with Crippen LogP contribution >= 0.6 is 22.7 Å². The molecule has 29 heavy (non-hydrogen) atoms. The zero-order chi connectivity index (χ0) is 20.2. The molecule has 0 atom stereocenters. The smallest absolute Gasteiger partial charge is 0.279 e. The molecular formula is C20H27N5O2S2. The summed E-state index contributed by atoms with van der Waals surface area (Å²) in [5.41, 5.74) is 2.10. The van der Waals surface area contributed by atoms with Gasteiger partial charge in [0.1, 0.15) is 11.2 Å². The van der Waals surface area contributed by atoms with E-state index in [9.17, 15) is 9.59 Å². The molecular weight excluding hydrogens is 406 g/mol. The standard InChI is InChI=1S/C20H27N5O2S2/c1-2-25(20-23-21-13-29-20)19(27)16-12-28-17(22-16)14-8-10-24(11-9-14)18(26)15-6-4-3-5-7-15/h12-15H,2-11H2,1H3. The van der Waals surface area contributed by atoms with Crippen LogP contribution in [0.25, 0.3) is 0 Å². The first-order valence-electron chi connectivity index (χ1n) is 10.5. The van der Waals surface area contributed by atoms with Gasteiger partial charge in [-0.2, -0.15) is 0 Å². The van der Waals surface area contributed by atoms with Crippen LogP contribution < -0.4 is 4.90 Å². The first-order valence-corrected chi connectivity index (χ1v) is 12.3. The molecule has 1 saturated carbocycles. The summed E-state index contributed by atoms with van der Waals surface area (Å²) in [5, 5.41) is 11.3. The van der Waals surface area contributed by atoms with Crippen LogP contribution in [0.15, 0.2) is 10.9 Å². The lowest BCUT2D eigenvalue weighted by atomic mass is 9.87. The first-order chi connectivity index (χ1) is 14.2. The zero-order valence-electron chi connectivity index (χ0n) is 16.7. The van der Waals surface area contributed by atoms with E-state index in [1.165, 1.54) is 30.6 Å². The highest BCUT2D eigenvalue weighted by Crippen LogP contribution is 2.33. The molecule has 9 heteroatoms. The number of piperidine rings is 1. The molecule has 1 aliphatic carbocycles. The summed E-state index contributed by atoms with van der Waals surface area (Å²) in [6.07, 6.45) is 7.61. The molecule has 2 aromatic heterocycles. The Bertz CT molecular complexity index is 824. The number of nitrogens with zero attached hydrogens (tertiary/aromatic N) is 5. The van der Waals surface area contributed by atoms with Crippen molar-refractivity contribution >= 4 is 39.6 Å². The number of aromatic nitrogens is 3. The Hall–Kier alpha value is -1.87. The van der Waals surface area contributed by atoms with Gasteiger partial charge in [-0.3, -0.25) is 14.5 Å². The van der Waals surface area contributed by atoms with E-state index in [1.54, 1.807) is 21.7 Å². The van der Waals surface area contributed by atoms with Gasteiger partial charge in [-0.25, -0.2) is 4.98 Å². The molecule has 7 nitrogen and oxygen atoms in total. The minimum atomic E-state index is -0.128. The van der Waals surface area contributed by atoms with Crippen LogP contribution in [0.1, 0.15) is 73.3 Å². The molecule has 0 bridgehead atoms. The Morgan fingerprint density at radius 2 is 1.90 bits per heavy atom. The van der Waals surface area contributed by atoms with E-state index in [2.05, 4.69) is 20.1 Å². The number of rotatable bonds is 5. The van der Waals surface area contributed by atoms with Gasteiger partial charge in [0.05, 0.1) is 5.01 Å². The van der Waals surface area contributed by atoms with Crippen LogP contribution in [0.5, 0.6) is 0 Å². The lowest BCUT2D eigenvalue weighted by Gasteiger charge is -2.34. The van der Waals surface area contributed by atoms with E-state index in [4.69, 9.17) is 0 Å². The Morgan fingerprint density at radius 3 is 2.55 bits per heavy atom. The predicted molar refractivity (Wildman–Crippen MR) is 115 cm³/mol. The molecule has 2 aromatic rings. The summed E-state index contributed by atoms with van der Waals surface area (Å²) in [5.74, 6) is 0.795. The largest absolute Gasteiger partial charge is 0.342 e. The van der Waals surface area contributed by atoms with Gasteiger partial charge in [-0.1, -0.05) is 30.6 Å². The fraction of sp³-hybridized carbons (Fsp3) is 0.650. The Labute approximate surface area is 179 Å². The molecule has 4 rings (SSSR count). The van der Waals surface area contributed by atoms with Crippen LogP contribution in [0.3, 0.4) is 0 Å². The number of carbonyl (C=O) groups excluding carboxylic acids is 2. The molecule has 0 unspecified atom stereocenters. The molecule has 2 fully saturated rings. The predicted octanol–water partition coefficient (Wildman–Crippen LogP) is 3.95. The highest BCUT2D eigenvalue weighted by atomic mass is 32.1. The second-order valence-corrected chi connectivity index (χ2v) is 9.48. The molecule has 0 aromatic carbocycles. The SMILES string of the molecule is CCN(C(=O)c1csc(C2CCN(C(=O)C3CCCCC3)CC2)n1)c1nncs1. The van der Waals surface area contributed by atoms with Gasteiger partial charge in [0, 0.05) is 36.9 Å². The van der Waals surface area contributed by atoms with E-state index in [0.29, 0.717) is 29.2 Å². The third-order valence-corrected chi connectivity index (χ3v) is 7.71. The van der Waals surface area contributed by atoms with E-state index in [-0.39, 0.29) is 11.8 Å². The van der Waals surface area contributed by atoms with Gasteiger partial charge in [-0.05, 0) is 32.6 Å². The van der Waals surface area contributed by atoms with Crippen LogP contribution in [-0.2, 0) is 4.79 Å². The third-order valence-electron chi connectivity index (χ3n) is 5.99. The molecule has 2 aliphatic rings. The molecule has 156 valence electrons. The second kappa shape index (κ2) is 9.30. The Balaban J connectivity index is 1.35. The van der Waals surface area contributed by atoms with Crippen molar-refractivity contribution in [3.63, 3.8) is 0 Å². The summed E-state index contributed by atoms with van der Waals surface area (Å²) < 4.78 is 0. The number of likely N-dealkylation sites (tertiary alicyclic amines) is 1. The number of hydrogen-bond acceptors (Lipinski definition) is 7. The van der Waals surface area contributed by atoms with Crippen molar-refractivity contribution in [1.82, 2.24) is 20.1 Å². The average Bonchev–Trinajstić information content (AvgIpc) is 3.47. The van der Waals surface area contributed by atoms with E-state index in [0.717, 1.165) is 43.8 Å². The third kappa shape index (κ3) is 4.50. The van der Waals surface area contributed by atoms with E-state index >= 15 is 0 Å². The fourth-order valence-electron chi connectivity index (χ4n) is 4.32. The van der Waals surface area contributed by atoms with Gasteiger partial charge < -0.3 is 4.90 Å². The van der Waals surface area contributed by atoms with Gasteiger partial charge in [0.25, 0.3) is 5.91 Å². The Morgan fingerprint density at radius 1 is 1.14 bits per heavy atom. The maximum absolute atomic E-state index is 12.8. The molecule has 1 saturated heterocycles. The molecule has 0 N–H and O–H groups in total. The van der Waals surface area contributed by atoms with Crippen molar-refractivity contribution in [2.45, 2.75) is 57.8 Å². The van der Waals surface area contributed by atoms with Crippen molar-refractivity contribution < 1.29 is 9.59 Å². The first kappa shape index (κ1) is 20.4. The summed E-state index contributed by atoms with van der Waals surface area (Å²) in [6.45, 7) is 4.05. The minimum absolute atomic E-state index is 0.128. The molecule has 3 heterocycles. The normalized spacial score (nSPS) is 18.7. The molecule has 0 spiro atoms. The van der Waals surface area contributed by atoms with Gasteiger partial charge in [0.15, 0.2) is 0 Å². The van der Waals surface area contributed by atoms with Crippen molar-refractivity contribution in [3.8, 4) is 0 Å². The number of anilines is 1. The molecule has 0 radical (unpaired) electrons. The lowest BCUT2D eigenvalue weighted by Crippen LogP contribution is -2.41. The second-order valence-electron chi connectivity index (χ2n) is 7.78. The maximum atomic E-state index is 12.8. The molecule has 1 aliphatic heterocycles. The maximum Gasteiger partial charge on any atom is 0.279 e. The number of thiazole rings is 1. The van der Waals surface area contributed by atoms with E-state index < -0.39 is 0 Å². The van der Waals surface area contributed by atoms with Gasteiger partial charge in [0.2, 0.25) is 11.0 Å². The lowest BCUT2D eigenvalue weighted by molar-refractivity contribution is -0.137. The monoisotopic (exact) mass is 433 g/mol. The summed E-state index contributed by atoms with van der Waals surface area (Å²) in [6, 6.07) is 0. The van der Waals surface area contributed by atoms with E-state index in [1.807, 2.05) is 12.3 Å². The van der Waals surface area contributed by atoms with Crippen molar-refractivity contribution in [1.29, 1.82) is 0 Å². The quantitative estimate of drug-likeness (QED) is 0.713. The summed E-state index contributed by atoms with van der Waals surface area (Å²) >= 11 is 2.90. The number of amides is 2. The highest BCUT2D eigenvalue weighted by molar-refractivity contribution is 7.13. The zero-order valence-corrected chi connectivity index (χ0v) is 18.4. The number of hydrogen-bond donors (Lipinski definition) is 0. The van der Waals surface area contributed by atoms with Crippen molar-refractivity contribution in [3.05, 3.63) is 21.6 Å². The van der Waals surface area contributed by atoms with Crippen LogP contribution in [0.2, 0.25) is 0 Å². The van der Waals surface area contributed by atoms with Gasteiger partial charge >= 0.3 is 0 Å². The fourth-order valence-corrected chi connectivity index (χ4v) is 5.90. The Kier molecular flexibility index (Phi) is 6.54.